The number of methoxy groups -OCH3 is 1. The van der Waals surface area contributed by atoms with E-state index < -0.39 is 8.32 Å². The second kappa shape index (κ2) is 11.3. The van der Waals surface area contributed by atoms with Gasteiger partial charge in [-0.2, -0.15) is 0 Å². The van der Waals surface area contributed by atoms with Gasteiger partial charge >= 0.3 is 0 Å². The summed E-state index contributed by atoms with van der Waals surface area (Å²) in [6.07, 6.45) is 5.46. The third kappa shape index (κ3) is 8.55. The molecule has 0 N–H and O–H groups in total. The summed E-state index contributed by atoms with van der Waals surface area (Å²) < 4.78 is 17.6. The number of carbonyl (C=O) groups is 1. The number of benzene rings is 1. The van der Waals surface area contributed by atoms with Gasteiger partial charge in [-0.1, -0.05) is 51.1 Å². The molecule has 1 rings (SSSR count). The molecule has 0 saturated heterocycles. The smallest absolute Gasteiger partial charge is 0.192 e. The van der Waals surface area contributed by atoms with Crippen LogP contribution in [0, 0.1) is 0 Å². The van der Waals surface area contributed by atoms with Crippen LogP contribution in [0.15, 0.2) is 48.6 Å². The molecule has 0 unspecified atom stereocenters. The van der Waals surface area contributed by atoms with Gasteiger partial charge in [0.2, 0.25) is 0 Å². The first-order valence-electron chi connectivity index (χ1n) is 9.74. The van der Waals surface area contributed by atoms with Crippen LogP contribution in [0.5, 0.6) is 5.75 Å². The summed E-state index contributed by atoms with van der Waals surface area (Å²) in [7, 11) is -0.153. The summed E-state index contributed by atoms with van der Waals surface area (Å²) in [5, 5.41) is 0.171. The van der Waals surface area contributed by atoms with Crippen molar-refractivity contribution in [1.82, 2.24) is 0 Å². The molecule has 0 aliphatic heterocycles. The van der Waals surface area contributed by atoms with Gasteiger partial charge in [0.1, 0.15) is 12.0 Å². The molecule has 0 aliphatic carbocycles. The lowest BCUT2D eigenvalue weighted by molar-refractivity contribution is -0.104. The molecule has 4 nitrogen and oxygen atoms in total. The molecular weight excluding hydrogens is 368 g/mol. The van der Waals surface area contributed by atoms with E-state index in [0.717, 1.165) is 23.2 Å². The highest BCUT2D eigenvalue weighted by Crippen LogP contribution is 2.36. The van der Waals surface area contributed by atoms with Crippen LogP contribution in [0.4, 0.5) is 0 Å². The quantitative estimate of drug-likeness (QED) is 0.194. The summed E-state index contributed by atoms with van der Waals surface area (Å²) in [6, 6.07) is 7.83. The van der Waals surface area contributed by atoms with Crippen LogP contribution in [0.25, 0.3) is 0 Å². The van der Waals surface area contributed by atoms with E-state index in [2.05, 4.69) is 40.4 Å². The van der Waals surface area contributed by atoms with E-state index in [-0.39, 0.29) is 11.1 Å². The van der Waals surface area contributed by atoms with Crippen molar-refractivity contribution < 1.29 is 18.7 Å². The topological polar surface area (TPSA) is 44.8 Å². The SMILES string of the molecule is C=C(CO[Si](C)(C)C(C)(C)C)C[C@H](C/C=C/C=O)OCc1ccc(OC)cc1. The summed E-state index contributed by atoms with van der Waals surface area (Å²) >= 11 is 0. The lowest BCUT2D eigenvalue weighted by atomic mass is 10.1. The molecule has 1 atom stereocenters. The van der Waals surface area contributed by atoms with Crippen molar-refractivity contribution in [1.29, 1.82) is 0 Å². The van der Waals surface area contributed by atoms with Crippen molar-refractivity contribution in [3.8, 4) is 5.75 Å². The summed E-state index contributed by atoms with van der Waals surface area (Å²) in [5.41, 5.74) is 2.09. The molecule has 0 saturated carbocycles. The van der Waals surface area contributed by atoms with Gasteiger partial charge in [-0.15, -0.1) is 0 Å². The van der Waals surface area contributed by atoms with E-state index >= 15 is 0 Å². The Balaban J connectivity index is 2.63. The van der Waals surface area contributed by atoms with Crippen LogP contribution in [0.3, 0.4) is 0 Å². The molecule has 1 aromatic carbocycles. The molecule has 0 heterocycles. The molecule has 156 valence electrons. The fourth-order valence-electron chi connectivity index (χ4n) is 2.31. The minimum atomic E-state index is -1.80. The monoisotopic (exact) mass is 404 g/mol. The van der Waals surface area contributed by atoms with Crippen LogP contribution in [0.1, 0.15) is 39.2 Å². The fourth-order valence-corrected chi connectivity index (χ4v) is 3.31. The van der Waals surface area contributed by atoms with E-state index in [9.17, 15) is 4.79 Å². The van der Waals surface area contributed by atoms with Gasteiger partial charge in [0.05, 0.1) is 26.4 Å². The highest BCUT2D eigenvalue weighted by atomic mass is 28.4. The third-order valence-corrected chi connectivity index (χ3v) is 9.70. The highest BCUT2D eigenvalue weighted by Gasteiger charge is 2.37. The first-order chi connectivity index (χ1) is 13.1. The van der Waals surface area contributed by atoms with Crippen LogP contribution < -0.4 is 4.74 Å². The third-order valence-electron chi connectivity index (χ3n) is 5.22. The normalized spacial score (nSPS) is 13.5. The minimum Gasteiger partial charge on any atom is -0.497 e. The molecule has 28 heavy (non-hydrogen) atoms. The van der Waals surface area contributed by atoms with E-state index in [0.29, 0.717) is 26.1 Å². The van der Waals surface area contributed by atoms with Crippen molar-refractivity contribution >= 4 is 14.6 Å². The predicted octanol–water partition coefficient (Wildman–Crippen LogP) is 5.69. The molecule has 0 fully saturated rings. The van der Waals surface area contributed by atoms with E-state index in [1.54, 1.807) is 7.11 Å². The van der Waals surface area contributed by atoms with Gasteiger partial charge < -0.3 is 13.9 Å². The van der Waals surface area contributed by atoms with Crippen molar-refractivity contribution in [2.75, 3.05) is 13.7 Å². The van der Waals surface area contributed by atoms with Crippen molar-refractivity contribution in [2.45, 2.75) is 64.5 Å². The predicted molar refractivity (Wildman–Crippen MR) is 118 cm³/mol. The zero-order valence-electron chi connectivity index (χ0n) is 18.3. The van der Waals surface area contributed by atoms with E-state index in [4.69, 9.17) is 13.9 Å². The van der Waals surface area contributed by atoms with Gasteiger partial charge in [0.25, 0.3) is 0 Å². The molecule has 1 aromatic rings. The number of carbonyl (C=O) groups excluding carboxylic acids is 1. The average Bonchev–Trinajstić information content (AvgIpc) is 2.64. The summed E-state index contributed by atoms with van der Waals surface area (Å²) in [5.74, 6) is 0.824. The number of hydrogen-bond donors (Lipinski definition) is 0. The number of ether oxygens (including phenoxy) is 2. The number of allylic oxidation sites excluding steroid dienone is 1. The Morgan fingerprint density at radius 3 is 2.39 bits per heavy atom. The van der Waals surface area contributed by atoms with Gasteiger partial charge in [0, 0.05) is 0 Å². The largest absolute Gasteiger partial charge is 0.497 e. The fraction of sp³-hybridized carbons (Fsp3) is 0.522. The van der Waals surface area contributed by atoms with Gasteiger partial charge in [-0.05, 0) is 54.7 Å². The summed E-state index contributed by atoms with van der Waals surface area (Å²) in [6.45, 7) is 16.4. The number of rotatable bonds is 12. The molecule has 5 heteroatoms. The Bertz CT molecular complexity index is 642. The Morgan fingerprint density at radius 2 is 1.86 bits per heavy atom. The second-order valence-electron chi connectivity index (χ2n) is 8.58. The lowest BCUT2D eigenvalue weighted by Crippen LogP contribution is -2.41. The highest BCUT2D eigenvalue weighted by molar-refractivity contribution is 6.74. The van der Waals surface area contributed by atoms with Crippen molar-refractivity contribution in [3.05, 3.63) is 54.1 Å². The van der Waals surface area contributed by atoms with E-state index in [1.165, 1.54) is 6.08 Å². The second-order valence-corrected chi connectivity index (χ2v) is 13.4. The molecule has 0 amide bonds. The van der Waals surface area contributed by atoms with Crippen LogP contribution in [-0.2, 0) is 20.6 Å². The molecule has 0 spiro atoms. The molecule has 0 aliphatic rings. The van der Waals surface area contributed by atoms with Crippen LogP contribution in [0.2, 0.25) is 18.1 Å². The Labute approximate surface area is 171 Å². The molecule has 0 bridgehead atoms. The molecule has 0 radical (unpaired) electrons. The Kier molecular flexibility index (Phi) is 9.86. The van der Waals surface area contributed by atoms with E-state index in [1.807, 2.05) is 30.3 Å². The van der Waals surface area contributed by atoms with Crippen molar-refractivity contribution in [3.63, 3.8) is 0 Å². The zero-order chi connectivity index (χ0) is 21.2. The Hall–Kier alpha value is -1.69. The number of aldehydes is 1. The lowest BCUT2D eigenvalue weighted by Gasteiger charge is -2.36. The number of hydrogen-bond acceptors (Lipinski definition) is 4. The summed E-state index contributed by atoms with van der Waals surface area (Å²) in [4.78, 5) is 10.6. The van der Waals surface area contributed by atoms with Gasteiger partial charge in [0.15, 0.2) is 8.32 Å². The van der Waals surface area contributed by atoms with Crippen molar-refractivity contribution in [2.24, 2.45) is 0 Å². The first-order valence-corrected chi connectivity index (χ1v) is 12.7. The zero-order valence-corrected chi connectivity index (χ0v) is 19.3. The van der Waals surface area contributed by atoms with Crippen LogP contribution >= 0.6 is 0 Å². The van der Waals surface area contributed by atoms with Gasteiger partial charge in [-0.3, -0.25) is 4.79 Å². The maximum Gasteiger partial charge on any atom is 0.192 e. The average molecular weight is 405 g/mol. The first kappa shape index (κ1) is 24.3. The molecular formula is C23H36O4Si. The standard InChI is InChI=1S/C23H36O4Si/c1-19(17-27-28(6,7)23(2,3)4)16-22(10-8-9-15-24)26-18-20-11-13-21(25-5)14-12-20/h8-9,11-15,22H,1,10,16-18H2,2-7H3/b9-8+/t22-/m0/s1. The molecule has 0 aromatic heterocycles. The minimum absolute atomic E-state index is 0.0474. The Morgan fingerprint density at radius 1 is 1.21 bits per heavy atom. The maximum atomic E-state index is 10.6. The van der Waals surface area contributed by atoms with Crippen LogP contribution in [-0.4, -0.2) is 34.4 Å². The maximum absolute atomic E-state index is 10.6. The van der Waals surface area contributed by atoms with Gasteiger partial charge in [-0.25, -0.2) is 0 Å².